The fourth-order valence-corrected chi connectivity index (χ4v) is 0.316. The molecule has 0 aromatic rings. The highest BCUT2D eigenvalue weighted by Gasteiger charge is 1.69. The summed E-state index contributed by atoms with van der Waals surface area (Å²) < 4.78 is 3.51. The summed E-state index contributed by atoms with van der Waals surface area (Å²) in [5, 5.41) is 0. The maximum atomic E-state index is 4.91. The molecule has 4 N–H and O–H groups in total. The van der Waals surface area contributed by atoms with Crippen molar-refractivity contribution in [1.29, 1.82) is 0 Å². The predicted molar refractivity (Wildman–Crippen MR) is 29.3 cm³/mol. The molecule has 0 radical (unpaired) electrons. The molecule has 0 heterocycles. The Kier molecular flexibility index (Phi) is 2.66. The molecule has 0 saturated heterocycles. The lowest BCUT2D eigenvalue weighted by Gasteiger charge is -1.81. The first-order valence-electron chi connectivity index (χ1n) is 1.39. The molecule has 0 atom stereocenters. The topological polar surface area (TPSA) is 64.4 Å². The van der Waals surface area contributed by atoms with E-state index >= 15 is 0 Å². The van der Waals surface area contributed by atoms with E-state index in [0.29, 0.717) is 0 Å². The predicted octanol–water partition coefficient (Wildman–Crippen LogP) is -0.462. The van der Waals surface area contributed by atoms with Gasteiger partial charge in [-0.05, 0) is 11.9 Å². The Hall–Kier alpha value is -0.380. The molecule has 3 nitrogen and oxygen atoms in total. The third kappa shape index (κ3) is 3.62. The van der Waals surface area contributed by atoms with E-state index < -0.39 is 0 Å². The minimum Gasteiger partial charge on any atom is -0.369 e. The van der Waals surface area contributed by atoms with Crippen molar-refractivity contribution in [2.24, 2.45) is 15.9 Å². The van der Waals surface area contributed by atoms with E-state index in [9.17, 15) is 0 Å². The summed E-state index contributed by atoms with van der Waals surface area (Å²) >= 11 is 1.25. The molecule has 0 aliphatic heterocycles. The summed E-state index contributed by atoms with van der Waals surface area (Å²) in [5.74, 6) is 0.127. The summed E-state index contributed by atoms with van der Waals surface area (Å²) in [5.41, 5.74) is 9.82. The van der Waals surface area contributed by atoms with Crippen LogP contribution in [0.5, 0.6) is 0 Å². The summed E-state index contributed by atoms with van der Waals surface area (Å²) in [6, 6.07) is 0. The standard InChI is InChI=1S/C2H7N3S/c1-6-5-2(3)4/h1H3,(H4,3,4,5). The van der Waals surface area contributed by atoms with Crippen molar-refractivity contribution in [3.63, 3.8) is 0 Å². The molecule has 0 aliphatic rings. The molecule has 0 amide bonds. The quantitative estimate of drug-likeness (QED) is 0.269. The van der Waals surface area contributed by atoms with Crippen LogP contribution in [0.3, 0.4) is 0 Å². The third-order valence-electron chi connectivity index (χ3n) is 0.197. The number of nitrogens with two attached hydrogens (primary N) is 2. The van der Waals surface area contributed by atoms with Crippen LogP contribution in [-0.4, -0.2) is 12.2 Å². The molecule has 0 spiro atoms. The molecule has 0 aliphatic carbocycles. The van der Waals surface area contributed by atoms with Crippen molar-refractivity contribution in [3.05, 3.63) is 0 Å². The Bertz CT molecular complexity index is 55.8. The molecule has 0 aromatic carbocycles. The number of hydrogen-bond acceptors (Lipinski definition) is 2. The van der Waals surface area contributed by atoms with Gasteiger partial charge in [0.1, 0.15) is 0 Å². The first-order valence-corrected chi connectivity index (χ1v) is 2.57. The van der Waals surface area contributed by atoms with Gasteiger partial charge in [-0.25, -0.2) is 0 Å². The largest absolute Gasteiger partial charge is 0.369 e. The SMILES string of the molecule is CSN=C(N)N. The van der Waals surface area contributed by atoms with Crippen LogP contribution in [0.4, 0.5) is 0 Å². The van der Waals surface area contributed by atoms with Crippen LogP contribution >= 0.6 is 11.9 Å². The van der Waals surface area contributed by atoms with Crippen LogP contribution < -0.4 is 11.5 Å². The van der Waals surface area contributed by atoms with E-state index in [1.165, 1.54) is 11.9 Å². The van der Waals surface area contributed by atoms with Gasteiger partial charge in [0, 0.05) is 6.26 Å². The minimum absolute atomic E-state index is 0.127. The van der Waals surface area contributed by atoms with Gasteiger partial charge in [0.25, 0.3) is 0 Å². The number of rotatable bonds is 1. The van der Waals surface area contributed by atoms with E-state index in [1.807, 2.05) is 0 Å². The first kappa shape index (κ1) is 5.62. The van der Waals surface area contributed by atoms with Crippen molar-refractivity contribution in [3.8, 4) is 0 Å². The van der Waals surface area contributed by atoms with E-state index in [-0.39, 0.29) is 5.96 Å². The van der Waals surface area contributed by atoms with Crippen LogP contribution in [0.2, 0.25) is 0 Å². The van der Waals surface area contributed by atoms with Crippen molar-refractivity contribution >= 4 is 17.9 Å². The normalized spacial score (nSPS) is 7.50. The van der Waals surface area contributed by atoms with Gasteiger partial charge in [0.05, 0.1) is 0 Å². The number of guanidine groups is 1. The highest BCUT2D eigenvalue weighted by molar-refractivity contribution is 7.97. The molecular formula is C2H7N3S. The number of nitrogens with zero attached hydrogens (tertiary/aromatic N) is 1. The molecule has 0 unspecified atom stereocenters. The monoisotopic (exact) mass is 105 g/mol. The van der Waals surface area contributed by atoms with Gasteiger partial charge < -0.3 is 11.5 Å². The van der Waals surface area contributed by atoms with E-state index in [4.69, 9.17) is 11.5 Å². The summed E-state index contributed by atoms with van der Waals surface area (Å²) in [4.78, 5) is 0. The Morgan fingerprint density at radius 1 is 1.67 bits per heavy atom. The maximum Gasteiger partial charge on any atom is 0.197 e. The van der Waals surface area contributed by atoms with Crippen LogP contribution in [0.1, 0.15) is 0 Å². The summed E-state index contributed by atoms with van der Waals surface area (Å²) in [6.07, 6.45) is 1.79. The lowest BCUT2D eigenvalue weighted by molar-refractivity contribution is 1.54. The van der Waals surface area contributed by atoms with Gasteiger partial charge in [-0.3, -0.25) is 0 Å². The van der Waals surface area contributed by atoms with E-state index in [2.05, 4.69) is 4.40 Å². The Morgan fingerprint density at radius 2 is 2.17 bits per heavy atom. The highest BCUT2D eigenvalue weighted by atomic mass is 32.2. The first-order chi connectivity index (χ1) is 2.77. The van der Waals surface area contributed by atoms with E-state index in [1.54, 1.807) is 6.26 Å². The lowest BCUT2D eigenvalue weighted by atomic mass is 11.1. The average Bonchev–Trinajstić information content (AvgIpc) is 1.35. The molecule has 4 heteroatoms. The second kappa shape index (κ2) is 2.84. The van der Waals surface area contributed by atoms with Gasteiger partial charge >= 0.3 is 0 Å². The maximum absolute atomic E-state index is 4.91. The fourth-order valence-electron chi connectivity index (χ4n) is 0.105. The van der Waals surface area contributed by atoms with Crippen molar-refractivity contribution in [1.82, 2.24) is 0 Å². The second-order valence-electron chi connectivity index (χ2n) is 0.699. The molecule has 0 bridgehead atoms. The lowest BCUT2D eigenvalue weighted by Crippen LogP contribution is -2.21. The zero-order chi connectivity index (χ0) is 4.99. The molecular weight excluding hydrogens is 98.1 g/mol. The van der Waals surface area contributed by atoms with E-state index in [0.717, 1.165) is 0 Å². The molecule has 0 saturated carbocycles. The van der Waals surface area contributed by atoms with Crippen LogP contribution in [-0.2, 0) is 0 Å². The van der Waals surface area contributed by atoms with Gasteiger partial charge in [-0.1, -0.05) is 0 Å². The van der Waals surface area contributed by atoms with Crippen LogP contribution in [0.15, 0.2) is 4.40 Å². The van der Waals surface area contributed by atoms with Crippen molar-refractivity contribution in [2.75, 3.05) is 6.26 Å². The second-order valence-corrected chi connectivity index (χ2v) is 1.25. The number of hydrogen-bond donors (Lipinski definition) is 2. The fraction of sp³-hybridized carbons (Fsp3) is 0.500. The van der Waals surface area contributed by atoms with Gasteiger partial charge in [-0.2, -0.15) is 4.40 Å². The Labute approximate surface area is 40.9 Å². The van der Waals surface area contributed by atoms with Crippen LogP contribution in [0.25, 0.3) is 0 Å². The molecule has 0 fully saturated rings. The Morgan fingerprint density at radius 3 is 2.17 bits per heavy atom. The van der Waals surface area contributed by atoms with Crippen molar-refractivity contribution in [2.45, 2.75) is 0 Å². The zero-order valence-electron chi connectivity index (χ0n) is 3.51. The van der Waals surface area contributed by atoms with Crippen LogP contribution in [0, 0.1) is 0 Å². The molecule has 0 rings (SSSR count). The van der Waals surface area contributed by atoms with Gasteiger partial charge in [0.2, 0.25) is 0 Å². The smallest absolute Gasteiger partial charge is 0.197 e. The summed E-state index contributed by atoms with van der Waals surface area (Å²) in [7, 11) is 0. The Balaban J connectivity index is 3.14. The summed E-state index contributed by atoms with van der Waals surface area (Å²) in [6.45, 7) is 0. The van der Waals surface area contributed by atoms with Gasteiger partial charge in [0.15, 0.2) is 5.96 Å². The van der Waals surface area contributed by atoms with Gasteiger partial charge in [-0.15, -0.1) is 0 Å². The highest BCUT2D eigenvalue weighted by Crippen LogP contribution is 1.87. The molecule has 6 heavy (non-hydrogen) atoms. The molecule has 36 valence electrons. The minimum atomic E-state index is 0.127. The molecule has 0 aromatic heterocycles. The third-order valence-corrected chi connectivity index (χ3v) is 0.590. The van der Waals surface area contributed by atoms with Crippen molar-refractivity contribution < 1.29 is 0 Å². The average molecular weight is 105 g/mol. The zero-order valence-corrected chi connectivity index (χ0v) is 4.33.